The topological polar surface area (TPSA) is 49.4 Å². The Kier molecular flexibility index (Phi) is 4.61. The van der Waals surface area contributed by atoms with Gasteiger partial charge in [0.25, 0.3) is 0 Å². The van der Waals surface area contributed by atoms with Gasteiger partial charge in [-0.3, -0.25) is 9.59 Å². The third kappa shape index (κ3) is 3.47. The highest BCUT2D eigenvalue weighted by Crippen LogP contribution is 2.29. The lowest BCUT2D eigenvalue weighted by molar-refractivity contribution is -0.130. The summed E-state index contributed by atoms with van der Waals surface area (Å²) in [5.41, 5.74) is 1.35. The summed E-state index contributed by atoms with van der Waals surface area (Å²) in [5, 5.41) is 3.04. The van der Waals surface area contributed by atoms with E-state index in [4.69, 9.17) is 0 Å². The molecule has 1 heterocycles. The lowest BCUT2D eigenvalue weighted by Gasteiger charge is -2.24. The van der Waals surface area contributed by atoms with E-state index in [0.717, 1.165) is 25.7 Å². The lowest BCUT2D eigenvalue weighted by atomic mass is 9.99. The number of nitrogens with one attached hydrogen (secondary N) is 1. The molecule has 3 aliphatic rings. The van der Waals surface area contributed by atoms with Crippen molar-refractivity contribution in [1.29, 1.82) is 0 Å². The summed E-state index contributed by atoms with van der Waals surface area (Å²) in [7, 11) is 0. The minimum atomic E-state index is -0.137. The fourth-order valence-electron chi connectivity index (χ4n) is 3.89. The first kappa shape index (κ1) is 14.6. The molecule has 0 spiro atoms. The molecule has 116 valence electrons. The van der Waals surface area contributed by atoms with Gasteiger partial charge >= 0.3 is 0 Å². The Labute approximate surface area is 127 Å². The molecule has 2 amide bonds. The number of nitrogens with zero attached hydrogens (tertiary/aromatic N) is 1. The van der Waals surface area contributed by atoms with Crippen LogP contribution in [0.3, 0.4) is 0 Å². The molecule has 2 fully saturated rings. The molecule has 21 heavy (non-hydrogen) atoms. The van der Waals surface area contributed by atoms with E-state index in [-0.39, 0.29) is 17.7 Å². The van der Waals surface area contributed by atoms with Crippen molar-refractivity contribution >= 4 is 11.8 Å². The zero-order valence-electron chi connectivity index (χ0n) is 12.8. The van der Waals surface area contributed by atoms with Crippen molar-refractivity contribution in [3.8, 4) is 0 Å². The summed E-state index contributed by atoms with van der Waals surface area (Å²) in [4.78, 5) is 26.4. The van der Waals surface area contributed by atoms with Crippen LogP contribution in [0.25, 0.3) is 0 Å². The van der Waals surface area contributed by atoms with Crippen molar-refractivity contribution in [2.24, 2.45) is 5.92 Å². The molecular weight excluding hydrogens is 264 g/mol. The molecule has 4 nitrogen and oxygen atoms in total. The third-order valence-electron chi connectivity index (χ3n) is 5.17. The second kappa shape index (κ2) is 6.63. The summed E-state index contributed by atoms with van der Waals surface area (Å²) in [6.07, 6.45) is 12.1. The van der Waals surface area contributed by atoms with Crippen LogP contribution in [0.15, 0.2) is 11.6 Å². The Hall–Kier alpha value is -1.32. The highest BCUT2D eigenvalue weighted by atomic mass is 16.2. The zero-order valence-corrected chi connectivity index (χ0v) is 12.8. The van der Waals surface area contributed by atoms with E-state index in [1.807, 2.05) is 4.90 Å². The van der Waals surface area contributed by atoms with Crippen LogP contribution in [-0.4, -0.2) is 35.8 Å². The number of carbonyl (C=O) groups excluding carboxylic acids is 2. The number of amides is 2. The summed E-state index contributed by atoms with van der Waals surface area (Å²) in [5.74, 6) is 0.108. The van der Waals surface area contributed by atoms with E-state index >= 15 is 0 Å². The molecule has 1 saturated carbocycles. The van der Waals surface area contributed by atoms with Gasteiger partial charge in [-0.15, -0.1) is 0 Å². The van der Waals surface area contributed by atoms with Crippen molar-refractivity contribution < 1.29 is 9.59 Å². The summed E-state index contributed by atoms with van der Waals surface area (Å²) in [6.45, 7) is 1.31. The highest BCUT2D eigenvalue weighted by molar-refractivity contribution is 5.89. The average Bonchev–Trinajstić information content (AvgIpc) is 3.15. The molecule has 0 radical (unpaired) electrons. The van der Waals surface area contributed by atoms with Crippen LogP contribution < -0.4 is 5.32 Å². The maximum Gasteiger partial charge on any atom is 0.225 e. The highest BCUT2D eigenvalue weighted by Gasteiger charge is 2.38. The summed E-state index contributed by atoms with van der Waals surface area (Å²) < 4.78 is 0. The molecule has 0 unspecified atom stereocenters. The maximum atomic E-state index is 12.3. The molecule has 1 N–H and O–H groups in total. The maximum absolute atomic E-state index is 12.3. The fraction of sp³-hybridized carbons (Fsp3) is 0.765. The third-order valence-corrected chi connectivity index (χ3v) is 5.17. The van der Waals surface area contributed by atoms with E-state index in [0.29, 0.717) is 25.6 Å². The molecule has 1 saturated heterocycles. The van der Waals surface area contributed by atoms with Crippen molar-refractivity contribution in [3.63, 3.8) is 0 Å². The normalized spacial score (nSPS) is 27.0. The molecular formula is C17H26N2O2. The fourth-order valence-corrected chi connectivity index (χ4v) is 3.89. The van der Waals surface area contributed by atoms with Gasteiger partial charge in [0.05, 0.1) is 5.92 Å². The molecule has 0 aromatic rings. The number of likely N-dealkylation sites (tertiary alicyclic amines) is 1. The van der Waals surface area contributed by atoms with Gasteiger partial charge in [0.1, 0.15) is 0 Å². The van der Waals surface area contributed by atoms with Crippen LogP contribution in [0, 0.1) is 5.92 Å². The Morgan fingerprint density at radius 2 is 2.05 bits per heavy atom. The number of carbonyl (C=O) groups is 2. The van der Waals surface area contributed by atoms with Gasteiger partial charge in [0.2, 0.25) is 11.8 Å². The van der Waals surface area contributed by atoms with Gasteiger partial charge < -0.3 is 10.2 Å². The Morgan fingerprint density at radius 3 is 2.76 bits per heavy atom. The van der Waals surface area contributed by atoms with E-state index in [1.165, 1.54) is 31.3 Å². The molecule has 0 aromatic carbocycles. The van der Waals surface area contributed by atoms with Crippen molar-refractivity contribution in [2.45, 2.75) is 63.8 Å². The molecule has 3 rings (SSSR count). The van der Waals surface area contributed by atoms with Crippen LogP contribution in [0.5, 0.6) is 0 Å². The van der Waals surface area contributed by atoms with Gasteiger partial charge in [-0.1, -0.05) is 24.5 Å². The van der Waals surface area contributed by atoms with E-state index in [9.17, 15) is 9.59 Å². The van der Waals surface area contributed by atoms with Gasteiger partial charge in [-0.25, -0.2) is 0 Å². The first-order valence-electron chi connectivity index (χ1n) is 8.49. The van der Waals surface area contributed by atoms with Crippen LogP contribution in [0.2, 0.25) is 0 Å². The van der Waals surface area contributed by atoms with Gasteiger partial charge in [0, 0.05) is 25.6 Å². The standard InChI is InChI=1S/C17H26N2O2/c20-16-10-14(12-19(16)15-8-4-5-9-15)17(21)18-11-13-6-2-1-3-7-13/h6,14-15H,1-5,7-12H2,(H,18,21)/t14-/m0/s1. The SMILES string of the molecule is O=C(NCC1=CCCCC1)[C@H]1CC(=O)N(C2CCCC2)C1. The molecule has 1 atom stereocenters. The summed E-state index contributed by atoms with van der Waals surface area (Å²) in [6, 6.07) is 0.399. The van der Waals surface area contributed by atoms with Crippen LogP contribution in [-0.2, 0) is 9.59 Å². The summed E-state index contributed by atoms with van der Waals surface area (Å²) >= 11 is 0. The second-order valence-electron chi connectivity index (χ2n) is 6.71. The average molecular weight is 290 g/mol. The monoisotopic (exact) mass is 290 g/mol. The molecule has 4 heteroatoms. The quantitative estimate of drug-likeness (QED) is 0.808. The van der Waals surface area contributed by atoms with Gasteiger partial charge in [-0.05, 0) is 38.5 Å². The largest absolute Gasteiger partial charge is 0.352 e. The lowest BCUT2D eigenvalue weighted by Crippen LogP contribution is -2.37. The van der Waals surface area contributed by atoms with E-state index < -0.39 is 0 Å². The van der Waals surface area contributed by atoms with Crippen LogP contribution in [0.4, 0.5) is 0 Å². The Bertz CT molecular complexity index is 438. The predicted molar refractivity (Wildman–Crippen MR) is 81.6 cm³/mol. The molecule has 1 aliphatic heterocycles. The minimum absolute atomic E-state index is 0.0651. The van der Waals surface area contributed by atoms with Gasteiger partial charge in [0.15, 0.2) is 0 Å². The van der Waals surface area contributed by atoms with Crippen molar-refractivity contribution in [2.75, 3.05) is 13.1 Å². The van der Waals surface area contributed by atoms with E-state index in [1.54, 1.807) is 0 Å². The first-order chi connectivity index (χ1) is 10.2. The second-order valence-corrected chi connectivity index (χ2v) is 6.71. The smallest absolute Gasteiger partial charge is 0.225 e. The molecule has 0 bridgehead atoms. The van der Waals surface area contributed by atoms with Crippen LogP contribution >= 0.6 is 0 Å². The number of hydrogen-bond acceptors (Lipinski definition) is 2. The molecule has 2 aliphatic carbocycles. The number of rotatable bonds is 4. The van der Waals surface area contributed by atoms with Crippen LogP contribution in [0.1, 0.15) is 57.8 Å². The predicted octanol–water partition coefficient (Wildman–Crippen LogP) is 2.39. The Morgan fingerprint density at radius 1 is 1.24 bits per heavy atom. The van der Waals surface area contributed by atoms with Crippen molar-refractivity contribution in [1.82, 2.24) is 10.2 Å². The van der Waals surface area contributed by atoms with Crippen molar-refractivity contribution in [3.05, 3.63) is 11.6 Å². The Balaban J connectivity index is 1.49. The minimum Gasteiger partial charge on any atom is -0.352 e. The van der Waals surface area contributed by atoms with E-state index in [2.05, 4.69) is 11.4 Å². The first-order valence-corrected chi connectivity index (χ1v) is 8.49. The molecule has 0 aromatic heterocycles. The number of allylic oxidation sites excluding steroid dienone is 1. The van der Waals surface area contributed by atoms with Gasteiger partial charge in [-0.2, -0.15) is 0 Å². The number of hydrogen-bond donors (Lipinski definition) is 1. The zero-order chi connectivity index (χ0) is 14.7.